The van der Waals surface area contributed by atoms with E-state index in [-0.39, 0.29) is 23.8 Å². The smallest absolute Gasteiger partial charge is 0.330 e. The SMILES string of the molecule is [2H]C1CC(O)C(c2ccccc2C(=O)c2ccc(O)c(C=CC(=O)OC)c2)C1. The first-order valence-electron chi connectivity index (χ1n) is 9.31. The normalized spacial score (nSPS) is 22.6. The summed E-state index contributed by atoms with van der Waals surface area (Å²) in [6.45, 7) is 0. The van der Waals surface area contributed by atoms with Gasteiger partial charge in [-0.25, -0.2) is 4.79 Å². The molecule has 0 radical (unpaired) electrons. The van der Waals surface area contributed by atoms with Crippen LogP contribution in [0.15, 0.2) is 48.5 Å². The lowest BCUT2D eigenvalue weighted by atomic mass is 9.88. The highest BCUT2D eigenvalue weighted by Crippen LogP contribution is 2.37. The fraction of sp³-hybridized carbons (Fsp3) is 0.273. The molecular formula is C22H22O5. The minimum atomic E-state index is -0.644. The largest absolute Gasteiger partial charge is 0.507 e. The van der Waals surface area contributed by atoms with E-state index < -0.39 is 12.1 Å². The highest BCUT2D eigenvalue weighted by molar-refractivity contribution is 6.10. The molecule has 2 aromatic carbocycles. The first-order chi connectivity index (χ1) is 13.4. The van der Waals surface area contributed by atoms with E-state index in [1.54, 1.807) is 12.1 Å². The lowest BCUT2D eigenvalue weighted by molar-refractivity contribution is -0.134. The zero-order valence-corrected chi connectivity index (χ0v) is 15.0. The molecule has 3 unspecified atom stereocenters. The van der Waals surface area contributed by atoms with Gasteiger partial charge < -0.3 is 14.9 Å². The molecule has 5 heteroatoms. The molecule has 27 heavy (non-hydrogen) atoms. The molecule has 0 amide bonds. The molecule has 0 heterocycles. The van der Waals surface area contributed by atoms with E-state index in [4.69, 9.17) is 1.37 Å². The number of hydrogen-bond acceptors (Lipinski definition) is 5. The molecular weight excluding hydrogens is 344 g/mol. The number of aliphatic hydroxyl groups excluding tert-OH is 1. The van der Waals surface area contributed by atoms with E-state index in [2.05, 4.69) is 4.74 Å². The summed E-state index contributed by atoms with van der Waals surface area (Å²) in [5, 5.41) is 20.3. The van der Waals surface area contributed by atoms with Crippen molar-refractivity contribution < 1.29 is 25.9 Å². The third-order valence-corrected chi connectivity index (χ3v) is 4.79. The summed E-state index contributed by atoms with van der Waals surface area (Å²) >= 11 is 0. The van der Waals surface area contributed by atoms with Crippen molar-refractivity contribution in [2.24, 2.45) is 0 Å². The summed E-state index contributed by atoms with van der Waals surface area (Å²) < 4.78 is 12.5. The first kappa shape index (κ1) is 17.5. The maximum Gasteiger partial charge on any atom is 0.330 e. The van der Waals surface area contributed by atoms with Gasteiger partial charge in [0.1, 0.15) is 5.75 Å². The van der Waals surface area contributed by atoms with Crippen LogP contribution in [0.2, 0.25) is 0 Å². The van der Waals surface area contributed by atoms with Crippen LogP contribution in [0.5, 0.6) is 5.75 Å². The quantitative estimate of drug-likeness (QED) is 0.480. The van der Waals surface area contributed by atoms with E-state index in [0.29, 0.717) is 29.5 Å². The Morgan fingerprint density at radius 3 is 2.70 bits per heavy atom. The second-order valence-electron chi connectivity index (χ2n) is 6.48. The lowest BCUT2D eigenvalue weighted by Crippen LogP contribution is -2.15. The van der Waals surface area contributed by atoms with Crippen molar-refractivity contribution in [1.29, 1.82) is 0 Å². The molecule has 0 spiro atoms. The minimum Gasteiger partial charge on any atom is -0.507 e. The molecule has 2 aromatic rings. The molecule has 1 fully saturated rings. The Kier molecular flexibility index (Phi) is 5.30. The van der Waals surface area contributed by atoms with E-state index in [1.165, 1.54) is 37.5 Å². The first-order valence-corrected chi connectivity index (χ1v) is 8.73. The number of phenols is 1. The van der Waals surface area contributed by atoms with Crippen molar-refractivity contribution in [3.63, 3.8) is 0 Å². The van der Waals surface area contributed by atoms with Gasteiger partial charge in [-0.2, -0.15) is 0 Å². The van der Waals surface area contributed by atoms with Gasteiger partial charge >= 0.3 is 5.97 Å². The summed E-state index contributed by atoms with van der Waals surface area (Å²) in [5.41, 5.74) is 1.87. The number of aromatic hydroxyl groups is 1. The number of ketones is 1. The van der Waals surface area contributed by atoms with Gasteiger partial charge in [-0.3, -0.25) is 4.79 Å². The topological polar surface area (TPSA) is 83.8 Å². The van der Waals surface area contributed by atoms with Gasteiger partial charge in [-0.15, -0.1) is 0 Å². The van der Waals surface area contributed by atoms with E-state index in [1.807, 2.05) is 12.1 Å². The van der Waals surface area contributed by atoms with Crippen LogP contribution in [0.3, 0.4) is 0 Å². The molecule has 1 aliphatic rings. The number of esters is 1. The number of aliphatic hydroxyl groups is 1. The van der Waals surface area contributed by atoms with Crippen LogP contribution in [0.1, 0.15) is 53.6 Å². The van der Waals surface area contributed by atoms with Crippen LogP contribution >= 0.6 is 0 Å². The van der Waals surface area contributed by atoms with Gasteiger partial charge in [-0.05, 0) is 42.7 Å². The van der Waals surface area contributed by atoms with E-state index in [0.717, 1.165) is 5.56 Å². The lowest BCUT2D eigenvalue weighted by Gasteiger charge is -2.18. The minimum absolute atomic E-state index is 0.0618. The summed E-state index contributed by atoms with van der Waals surface area (Å²) in [6.07, 6.45) is 2.47. The number of rotatable bonds is 5. The van der Waals surface area contributed by atoms with Crippen molar-refractivity contribution in [3.8, 4) is 5.75 Å². The van der Waals surface area contributed by atoms with Gasteiger partial charge in [0.2, 0.25) is 0 Å². The van der Waals surface area contributed by atoms with Gasteiger partial charge in [0.05, 0.1) is 13.2 Å². The van der Waals surface area contributed by atoms with Crippen LogP contribution in [0.4, 0.5) is 0 Å². The number of ether oxygens (including phenoxy) is 1. The van der Waals surface area contributed by atoms with Crippen molar-refractivity contribution in [2.75, 3.05) is 7.11 Å². The van der Waals surface area contributed by atoms with Crippen molar-refractivity contribution in [3.05, 3.63) is 70.8 Å². The van der Waals surface area contributed by atoms with Crippen molar-refractivity contribution >= 4 is 17.8 Å². The average molecular weight is 367 g/mol. The van der Waals surface area contributed by atoms with Crippen LogP contribution in [0, 0.1) is 0 Å². The number of benzene rings is 2. The van der Waals surface area contributed by atoms with Crippen molar-refractivity contribution in [1.82, 2.24) is 0 Å². The van der Waals surface area contributed by atoms with E-state index in [9.17, 15) is 19.8 Å². The summed E-state index contributed by atoms with van der Waals surface area (Å²) in [4.78, 5) is 24.4. The number of methoxy groups -OCH3 is 1. The Balaban J connectivity index is 1.95. The number of carbonyl (C=O) groups is 2. The summed E-state index contributed by atoms with van der Waals surface area (Å²) in [5.74, 6) is -1.13. The molecule has 3 rings (SSSR count). The van der Waals surface area contributed by atoms with Gasteiger partial charge in [0.15, 0.2) is 5.78 Å². The maximum absolute atomic E-state index is 13.1. The van der Waals surface area contributed by atoms with Crippen LogP contribution in [0.25, 0.3) is 6.08 Å². The average Bonchev–Trinajstić information content (AvgIpc) is 3.04. The Morgan fingerprint density at radius 2 is 2.00 bits per heavy atom. The van der Waals surface area contributed by atoms with Gasteiger partial charge in [0.25, 0.3) is 0 Å². The predicted molar refractivity (Wildman–Crippen MR) is 102 cm³/mol. The van der Waals surface area contributed by atoms with Crippen molar-refractivity contribution in [2.45, 2.75) is 31.3 Å². The third-order valence-electron chi connectivity index (χ3n) is 4.79. The molecule has 3 atom stereocenters. The zero-order chi connectivity index (χ0) is 20.3. The standard InChI is InChI=1S/C22H22O5/c1-27-21(25)12-10-14-13-15(9-11-19(14)23)22(26)18-6-3-2-5-16(18)17-7-4-8-20(17)24/h2-3,5-6,9-13,17,20,23-24H,4,7-8H2,1H3/i4D. The Hall–Kier alpha value is -2.92. The van der Waals surface area contributed by atoms with Crippen LogP contribution in [-0.4, -0.2) is 35.2 Å². The van der Waals surface area contributed by atoms with Gasteiger partial charge in [0, 0.05) is 30.1 Å². The molecule has 0 saturated heterocycles. The summed E-state index contributed by atoms with van der Waals surface area (Å²) in [6, 6.07) is 11.5. The second kappa shape index (κ2) is 8.18. The third kappa shape index (κ3) is 4.09. The molecule has 2 N–H and O–H groups in total. The molecule has 5 nitrogen and oxygen atoms in total. The molecule has 0 bridgehead atoms. The van der Waals surface area contributed by atoms with Gasteiger partial charge in [-0.1, -0.05) is 30.7 Å². The van der Waals surface area contributed by atoms with Crippen LogP contribution < -0.4 is 0 Å². The van der Waals surface area contributed by atoms with Crippen LogP contribution in [-0.2, 0) is 9.53 Å². The molecule has 1 saturated carbocycles. The Bertz CT molecular complexity index is 921. The number of hydrogen-bond donors (Lipinski definition) is 2. The van der Waals surface area contributed by atoms with E-state index >= 15 is 0 Å². The number of carbonyl (C=O) groups excluding carboxylic acids is 2. The highest BCUT2D eigenvalue weighted by atomic mass is 16.5. The predicted octanol–water partition coefficient (Wildman–Crippen LogP) is 3.44. The molecule has 0 aliphatic heterocycles. The summed E-state index contributed by atoms with van der Waals surface area (Å²) in [7, 11) is 1.25. The second-order valence-corrected chi connectivity index (χ2v) is 6.48. The molecule has 0 aromatic heterocycles. The Labute approximate surface area is 159 Å². The maximum atomic E-state index is 13.1. The fourth-order valence-electron chi connectivity index (χ4n) is 3.34. The Morgan fingerprint density at radius 1 is 1.22 bits per heavy atom. The molecule has 1 aliphatic carbocycles. The monoisotopic (exact) mass is 367 g/mol. The highest BCUT2D eigenvalue weighted by Gasteiger charge is 2.29. The fourth-order valence-corrected chi connectivity index (χ4v) is 3.34. The zero-order valence-electron chi connectivity index (χ0n) is 16.0. The molecule has 140 valence electrons. The number of phenolic OH excluding ortho intramolecular Hbond substituents is 1.